The van der Waals surface area contributed by atoms with Crippen LogP contribution < -0.4 is 10.6 Å². The Morgan fingerprint density at radius 1 is 1.30 bits per heavy atom. The van der Waals surface area contributed by atoms with Gasteiger partial charge < -0.3 is 15.5 Å². The summed E-state index contributed by atoms with van der Waals surface area (Å²) in [6.07, 6.45) is 0.610. The summed E-state index contributed by atoms with van der Waals surface area (Å²) in [5, 5.41) is 0. The number of carbonyl (C=O) groups excluding carboxylic acids is 1. The standard InChI is InChI=1S/C15H22FN3O/c1-3-15(2,17)14(20)19-10-8-18(9-11-19)13-7-5-4-6-12(13)16/h4-7H,3,8-11,17H2,1-2H3. The Kier molecular flexibility index (Phi) is 4.28. The second kappa shape index (κ2) is 5.79. The van der Waals surface area contributed by atoms with Gasteiger partial charge in [0.25, 0.3) is 0 Å². The van der Waals surface area contributed by atoms with Crippen LogP contribution in [-0.2, 0) is 4.79 Å². The zero-order valence-corrected chi connectivity index (χ0v) is 12.1. The lowest BCUT2D eigenvalue weighted by Crippen LogP contribution is -2.58. The van der Waals surface area contributed by atoms with Crippen LogP contribution >= 0.6 is 0 Å². The smallest absolute Gasteiger partial charge is 0.242 e. The number of anilines is 1. The minimum atomic E-state index is -0.805. The first-order chi connectivity index (χ1) is 9.45. The van der Waals surface area contributed by atoms with Crippen LogP contribution in [0.1, 0.15) is 20.3 Å². The third-order valence-corrected chi connectivity index (χ3v) is 3.98. The molecule has 2 rings (SSSR count). The van der Waals surface area contributed by atoms with Gasteiger partial charge in [0, 0.05) is 26.2 Å². The molecule has 1 aliphatic rings. The fraction of sp³-hybridized carbons (Fsp3) is 0.533. The molecule has 4 nitrogen and oxygen atoms in total. The third kappa shape index (κ3) is 2.93. The number of amides is 1. The lowest BCUT2D eigenvalue weighted by Gasteiger charge is -2.39. The van der Waals surface area contributed by atoms with Crippen LogP contribution in [0, 0.1) is 5.82 Å². The molecule has 1 saturated heterocycles. The maximum Gasteiger partial charge on any atom is 0.242 e. The maximum atomic E-state index is 13.7. The Bertz CT molecular complexity index is 482. The number of piperazine rings is 1. The molecule has 1 heterocycles. The predicted molar refractivity (Wildman–Crippen MR) is 78.1 cm³/mol. The molecule has 0 saturated carbocycles. The number of nitrogens with two attached hydrogens (primary N) is 1. The molecule has 1 aromatic carbocycles. The molecular weight excluding hydrogens is 257 g/mol. The molecule has 1 aromatic rings. The van der Waals surface area contributed by atoms with Crippen LogP contribution in [0.3, 0.4) is 0 Å². The van der Waals surface area contributed by atoms with Gasteiger partial charge in [0.1, 0.15) is 5.82 Å². The van der Waals surface area contributed by atoms with Crippen molar-refractivity contribution in [1.82, 2.24) is 4.90 Å². The Balaban J connectivity index is 2.00. The first-order valence-corrected chi connectivity index (χ1v) is 7.03. The van der Waals surface area contributed by atoms with E-state index in [-0.39, 0.29) is 11.7 Å². The van der Waals surface area contributed by atoms with E-state index in [4.69, 9.17) is 5.73 Å². The molecule has 2 N–H and O–H groups in total. The van der Waals surface area contributed by atoms with Crippen LogP contribution in [0.15, 0.2) is 24.3 Å². The zero-order chi connectivity index (χ0) is 14.8. The van der Waals surface area contributed by atoms with Crippen molar-refractivity contribution in [3.05, 3.63) is 30.1 Å². The third-order valence-electron chi connectivity index (χ3n) is 3.98. The molecule has 1 fully saturated rings. The highest BCUT2D eigenvalue weighted by molar-refractivity contribution is 5.85. The van der Waals surface area contributed by atoms with Crippen LogP contribution in [0.25, 0.3) is 0 Å². The summed E-state index contributed by atoms with van der Waals surface area (Å²) in [5.74, 6) is -0.238. The first-order valence-electron chi connectivity index (χ1n) is 7.03. The molecule has 0 radical (unpaired) electrons. The highest BCUT2D eigenvalue weighted by Gasteiger charge is 2.32. The van der Waals surface area contributed by atoms with Crippen molar-refractivity contribution >= 4 is 11.6 Å². The number of halogens is 1. The van der Waals surface area contributed by atoms with E-state index in [9.17, 15) is 9.18 Å². The molecule has 1 atom stereocenters. The van der Waals surface area contributed by atoms with E-state index in [1.54, 1.807) is 24.0 Å². The summed E-state index contributed by atoms with van der Waals surface area (Å²) in [6.45, 7) is 6.10. The van der Waals surface area contributed by atoms with Crippen LogP contribution in [0.4, 0.5) is 10.1 Å². The van der Waals surface area contributed by atoms with Gasteiger partial charge >= 0.3 is 0 Å². The molecule has 1 aliphatic heterocycles. The van der Waals surface area contributed by atoms with E-state index in [0.29, 0.717) is 38.3 Å². The molecule has 110 valence electrons. The molecule has 0 aliphatic carbocycles. The van der Waals surface area contributed by atoms with E-state index in [1.165, 1.54) is 6.07 Å². The van der Waals surface area contributed by atoms with Gasteiger partial charge in [-0.05, 0) is 25.5 Å². The van der Waals surface area contributed by atoms with Crippen molar-refractivity contribution in [1.29, 1.82) is 0 Å². The average Bonchev–Trinajstić information content (AvgIpc) is 2.47. The van der Waals surface area contributed by atoms with E-state index in [0.717, 1.165) is 0 Å². The SMILES string of the molecule is CCC(C)(N)C(=O)N1CCN(c2ccccc2F)CC1. The van der Waals surface area contributed by atoms with Crippen molar-refractivity contribution in [2.45, 2.75) is 25.8 Å². The number of para-hydroxylation sites is 1. The van der Waals surface area contributed by atoms with Gasteiger partial charge in [-0.2, -0.15) is 0 Å². The Morgan fingerprint density at radius 3 is 2.45 bits per heavy atom. The number of rotatable bonds is 3. The molecule has 1 unspecified atom stereocenters. The highest BCUT2D eigenvalue weighted by Crippen LogP contribution is 2.21. The van der Waals surface area contributed by atoms with Gasteiger partial charge in [0.2, 0.25) is 5.91 Å². The van der Waals surface area contributed by atoms with Gasteiger partial charge in [-0.1, -0.05) is 19.1 Å². The van der Waals surface area contributed by atoms with Gasteiger partial charge in [0.05, 0.1) is 11.2 Å². The number of carbonyl (C=O) groups is 1. The van der Waals surface area contributed by atoms with Crippen molar-refractivity contribution in [2.24, 2.45) is 5.73 Å². The van der Waals surface area contributed by atoms with E-state index in [2.05, 4.69) is 0 Å². The molecule has 0 bridgehead atoms. The van der Waals surface area contributed by atoms with Gasteiger partial charge in [-0.3, -0.25) is 4.79 Å². The van der Waals surface area contributed by atoms with Crippen LogP contribution in [0.5, 0.6) is 0 Å². The minimum Gasteiger partial charge on any atom is -0.366 e. The van der Waals surface area contributed by atoms with Gasteiger partial charge in [-0.25, -0.2) is 4.39 Å². The number of hydrogen-bond donors (Lipinski definition) is 1. The fourth-order valence-corrected chi connectivity index (χ4v) is 2.37. The predicted octanol–water partition coefficient (Wildman–Crippen LogP) is 1.60. The zero-order valence-electron chi connectivity index (χ0n) is 12.1. The topological polar surface area (TPSA) is 49.6 Å². The molecule has 0 spiro atoms. The largest absolute Gasteiger partial charge is 0.366 e. The summed E-state index contributed by atoms with van der Waals surface area (Å²) in [6, 6.07) is 6.73. The normalized spacial score (nSPS) is 18.8. The number of hydrogen-bond acceptors (Lipinski definition) is 3. The second-order valence-electron chi connectivity index (χ2n) is 5.50. The maximum absolute atomic E-state index is 13.7. The van der Waals surface area contributed by atoms with E-state index < -0.39 is 5.54 Å². The Hall–Kier alpha value is -1.62. The second-order valence-corrected chi connectivity index (χ2v) is 5.50. The van der Waals surface area contributed by atoms with Crippen molar-refractivity contribution in [2.75, 3.05) is 31.1 Å². The molecule has 5 heteroatoms. The molecule has 0 aromatic heterocycles. The minimum absolute atomic E-state index is 0.0202. The van der Waals surface area contributed by atoms with Crippen molar-refractivity contribution in [3.8, 4) is 0 Å². The average molecular weight is 279 g/mol. The van der Waals surface area contributed by atoms with Crippen molar-refractivity contribution < 1.29 is 9.18 Å². The quantitative estimate of drug-likeness (QED) is 0.914. The Morgan fingerprint density at radius 2 is 1.90 bits per heavy atom. The lowest BCUT2D eigenvalue weighted by atomic mass is 9.98. The molecule has 1 amide bonds. The number of benzene rings is 1. The summed E-state index contributed by atoms with van der Waals surface area (Å²) in [5.41, 5.74) is 5.79. The molecular formula is C15H22FN3O. The lowest BCUT2D eigenvalue weighted by molar-refractivity contribution is -0.136. The van der Waals surface area contributed by atoms with Crippen molar-refractivity contribution in [3.63, 3.8) is 0 Å². The summed E-state index contributed by atoms with van der Waals surface area (Å²) in [7, 11) is 0. The summed E-state index contributed by atoms with van der Waals surface area (Å²) >= 11 is 0. The first kappa shape index (κ1) is 14.8. The summed E-state index contributed by atoms with van der Waals surface area (Å²) in [4.78, 5) is 16.0. The monoisotopic (exact) mass is 279 g/mol. The van der Waals surface area contributed by atoms with Crippen LogP contribution in [-0.4, -0.2) is 42.5 Å². The number of nitrogens with zero attached hydrogens (tertiary/aromatic N) is 2. The van der Waals surface area contributed by atoms with Gasteiger partial charge in [-0.15, -0.1) is 0 Å². The highest BCUT2D eigenvalue weighted by atomic mass is 19.1. The Labute approximate surface area is 119 Å². The van der Waals surface area contributed by atoms with E-state index >= 15 is 0 Å². The molecule has 20 heavy (non-hydrogen) atoms. The van der Waals surface area contributed by atoms with E-state index in [1.807, 2.05) is 17.9 Å². The fourth-order valence-electron chi connectivity index (χ4n) is 2.37. The van der Waals surface area contributed by atoms with Gasteiger partial charge in [0.15, 0.2) is 0 Å². The summed E-state index contributed by atoms with van der Waals surface area (Å²) < 4.78 is 13.7. The van der Waals surface area contributed by atoms with Crippen LogP contribution in [0.2, 0.25) is 0 Å².